The first kappa shape index (κ1) is 16.3. The van der Waals surface area contributed by atoms with Gasteiger partial charge in [-0.05, 0) is 35.9 Å². The largest absolute Gasteiger partial charge is 0.416 e. The Morgan fingerprint density at radius 1 is 1.09 bits per heavy atom. The summed E-state index contributed by atoms with van der Waals surface area (Å²) in [6, 6.07) is 14.6. The Balaban J connectivity index is 2.25. The molecule has 0 saturated heterocycles. The lowest BCUT2D eigenvalue weighted by Gasteiger charge is -2.07. The van der Waals surface area contributed by atoms with Crippen molar-refractivity contribution in [2.75, 3.05) is 5.32 Å². The summed E-state index contributed by atoms with van der Waals surface area (Å²) < 4.78 is 38.0. The fourth-order valence-electron chi connectivity index (χ4n) is 1.84. The summed E-state index contributed by atoms with van der Waals surface area (Å²) in [5.41, 5.74) is -0.512. The second kappa shape index (κ2) is 6.79. The van der Waals surface area contributed by atoms with Crippen LogP contribution in [0.5, 0.6) is 0 Å². The van der Waals surface area contributed by atoms with Crippen molar-refractivity contribution in [2.24, 2.45) is 0 Å². The molecule has 0 aliphatic carbocycles. The van der Waals surface area contributed by atoms with Gasteiger partial charge < -0.3 is 5.32 Å². The molecule has 0 fully saturated rings. The van der Waals surface area contributed by atoms with E-state index >= 15 is 0 Å². The summed E-state index contributed by atoms with van der Waals surface area (Å²) >= 11 is 0. The van der Waals surface area contributed by atoms with Gasteiger partial charge in [-0.2, -0.15) is 18.4 Å². The first-order valence-electron chi connectivity index (χ1n) is 6.55. The van der Waals surface area contributed by atoms with Gasteiger partial charge in [0.25, 0.3) is 5.91 Å². The van der Waals surface area contributed by atoms with Gasteiger partial charge in [0.05, 0.1) is 5.56 Å². The van der Waals surface area contributed by atoms with Gasteiger partial charge in [0.2, 0.25) is 0 Å². The van der Waals surface area contributed by atoms with Crippen LogP contribution in [-0.4, -0.2) is 5.91 Å². The molecule has 0 aliphatic rings. The third kappa shape index (κ3) is 4.45. The number of rotatable bonds is 3. The second-order valence-corrected chi connectivity index (χ2v) is 4.61. The molecule has 116 valence electrons. The van der Waals surface area contributed by atoms with Crippen LogP contribution in [0.3, 0.4) is 0 Å². The molecule has 3 nitrogen and oxygen atoms in total. The number of nitrogens with one attached hydrogen (secondary N) is 1. The lowest BCUT2D eigenvalue weighted by molar-refractivity contribution is -0.137. The molecule has 0 bridgehead atoms. The summed E-state index contributed by atoms with van der Waals surface area (Å²) in [4.78, 5) is 12.0. The quantitative estimate of drug-likeness (QED) is 0.680. The van der Waals surface area contributed by atoms with Crippen molar-refractivity contribution in [3.05, 3.63) is 71.3 Å². The predicted molar refractivity (Wildman–Crippen MR) is 80.1 cm³/mol. The van der Waals surface area contributed by atoms with Crippen LogP contribution in [0, 0.1) is 11.3 Å². The van der Waals surface area contributed by atoms with E-state index in [0.717, 1.165) is 18.2 Å². The molecule has 6 heteroatoms. The number of nitriles is 1. The lowest BCUT2D eigenvalue weighted by Crippen LogP contribution is -2.13. The van der Waals surface area contributed by atoms with Crippen molar-refractivity contribution in [1.82, 2.24) is 0 Å². The summed E-state index contributed by atoms with van der Waals surface area (Å²) in [5, 5.41) is 11.6. The molecule has 2 aromatic carbocycles. The van der Waals surface area contributed by atoms with Crippen molar-refractivity contribution in [1.29, 1.82) is 5.26 Å². The van der Waals surface area contributed by atoms with E-state index in [4.69, 9.17) is 5.26 Å². The van der Waals surface area contributed by atoms with Gasteiger partial charge in [0.1, 0.15) is 11.6 Å². The van der Waals surface area contributed by atoms with Crippen LogP contribution in [-0.2, 0) is 11.0 Å². The summed E-state index contributed by atoms with van der Waals surface area (Å²) in [5.74, 6) is -0.684. The smallest absolute Gasteiger partial charge is 0.321 e. The van der Waals surface area contributed by atoms with Crippen LogP contribution in [0.1, 0.15) is 11.1 Å². The fraction of sp³-hybridized carbons (Fsp3) is 0.0588. The monoisotopic (exact) mass is 316 g/mol. The van der Waals surface area contributed by atoms with Crippen LogP contribution in [0.2, 0.25) is 0 Å². The van der Waals surface area contributed by atoms with Gasteiger partial charge in [-0.1, -0.05) is 30.3 Å². The molecule has 2 aromatic rings. The molecule has 0 saturated carbocycles. The van der Waals surface area contributed by atoms with Gasteiger partial charge in [0, 0.05) is 5.69 Å². The Kier molecular flexibility index (Phi) is 4.82. The average Bonchev–Trinajstić information content (AvgIpc) is 2.53. The Morgan fingerprint density at radius 3 is 2.39 bits per heavy atom. The molecule has 0 radical (unpaired) electrons. The van der Waals surface area contributed by atoms with Gasteiger partial charge in [0.15, 0.2) is 0 Å². The molecule has 2 rings (SSSR count). The molecule has 0 atom stereocenters. The van der Waals surface area contributed by atoms with E-state index in [9.17, 15) is 18.0 Å². The number of amides is 1. The zero-order valence-electron chi connectivity index (χ0n) is 11.8. The third-order valence-electron chi connectivity index (χ3n) is 2.92. The topological polar surface area (TPSA) is 52.9 Å². The maximum Gasteiger partial charge on any atom is 0.416 e. The van der Waals surface area contributed by atoms with Gasteiger partial charge in [-0.15, -0.1) is 0 Å². The zero-order chi connectivity index (χ0) is 16.9. The number of halogens is 3. The van der Waals surface area contributed by atoms with E-state index in [1.165, 1.54) is 12.1 Å². The third-order valence-corrected chi connectivity index (χ3v) is 2.92. The Morgan fingerprint density at radius 2 is 1.78 bits per heavy atom. The number of carbonyl (C=O) groups is 1. The van der Waals surface area contributed by atoms with Crippen molar-refractivity contribution < 1.29 is 18.0 Å². The molecule has 0 unspecified atom stereocenters. The lowest BCUT2D eigenvalue weighted by atomic mass is 10.1. The van der Waals surface area contributed by atoms with E-state index in [1.807, 2.05) is 0 Å². The maximum atomic E-state index is 12.7. The van der Waals surface area contributed by atoms with Crippen molar-refractivity contribution in [3.63, 3.8) is 0 Å². The Hall–Kier alpha value is -3.07. The highest BCUT2D eigenvalue weighted by Crippen LogP contribution is 2.30. The molecular weight excluding hydrogens is 305 g/mol. The number of hydrogen-bond acceptors (Lipinski definition) is 2. The molecule has 0 aromatic heterocycles. The summed E-state index contributed by atoms with van der Waals surface area (Å²) in [6.45, 7) is 0. The van der Waals surface area contributed by atoms with E-state index in [1.54, 1.807) is 36.4 Å². The summed E-state index contributed by atoms with van der Waals surface area (Å²) in [6.07, 6.45) is -3.36. The number of hydrogen-bond donors (Lipinski definition) is 1. The number of nitrogens with zero attached hydrogens (tertiary/aromatic N) is 1. The van der Waals surface area contributed by atoms with E-state index < -0.39 is 17.6 Å². The minimum absolute atomic E-state index is 0.125. The van der Waals surface area contributed by atoms with Crippen LogP contribution >= 0.6 is 0 Å². The van der Waals surface area contributed by atoms with Gasteiger partial charge in [-0.3, -0.25) is 4.79 Å². The van der Waals surface area contributed by atoms with E-state index in [0.29, 0.717) is 5.69 Å². The van der Waals surface area contributed by atoms with Crippen molar-refractivity contribution in [2.45, 2.75) is 6.18 Å². The van der Waals surface area contributed by atoms with Gasteiger partial charge in [-0.25, -0.2) is 0 Å². The van der Waals surface area contributed by atoms with E-state index in [-0.39, 0.29) is 11.1 Å². The van der Waals surface area contributed by atoms with Crippen LogP contribution in [0.15, 0.2) is 60.2 Å². The summed E-state index contributed by atoms with van der Waals surface area (Å²) in [7, 11) is 0. The van der Waals surface area contributed by atoms with Crippen molar-refractivity contribution in [3.8, 4) is 6.07 Å². The highest BCUT2D eigenvalue weighted by Gasteiger charge is 2.30. The molecule has 23 heavy (non-hydrogen) atoms. The van der Waals surface area contributed by atoms with E-state index in [2.05, 4.69) is 5.32 Å². The molecular formula is C17H11F3N2O. The molecule has 0 aliphatic heterocycles. The first-order valence-corrected chi connectivity index (χ1v) is 6.55. The highest BCUT2D eigenvalue weighted by atomic mass is 19.4. The number of para-hydroxylation sites is 1. The van der Waals surface area contributed by atoms with Crippen LogP contribution < -0.4 is 5.32 Å². The average molecular weight is 316 g/mol. The number of benzene rings is 2. The maximum absolute atomic E-state index is 12.7. The molecule has 1 amide bonds. The highest BCUT2D eigenvalue weighted by molar-refractivity contribution is 6.09. The first-order chi connectivity index (χ1) is 10.9. The number of alkyl halides is 3. The van der Waals surface area contributed by atoms with Crippen LogP contribution in [0.25, 0.3) is 6.08 Å². The molecule has 1 N–H and O–H groups in total. The Labute approximate surface area is 130 Å². The standard InChI is InChI=1S/C17H11F3N2O/c18-17(19,20)14-6-4-5-12(10-14)9-13(11-21)16(23)22-15-7-2-1-3-8-15/h1-10H,(H,22,23)/b13-9+. The minimum atomic E-state index is -4.48. The minimum Gasteiger partial charge on any atom is -0.321 e. The fourth-order valence-corrected chi connectivity index (χ4v) is 1.84. The SMILES string of the molecule is N#C/C(=C\c1cccc(C(F)(F)F)c1)C(=O)Nc1ccccc1. The Bertz CT molecular complexity index is 774. The number of carbonyl (C=O) groups excluding carboxylic acids is 1. The second-order valence-electron chi connectivity index (χ2n) is 4.61. The predicted octanol–water partition coefficient (Wildman–Crippen LogP) is 4.25. The van der Waals surface area contributed by atoms with Crippen molar-refractivity contribution >= 4 is 17.7 Å². The molecule has 0 heterocycles. The normalized spacial score (nSPS) is 11.7. The van der Waals surface area contributed by atoms with Gasteiger partial charge >= 0.3 is 6.18 Å². The number of anilines is 1. The van der Waals surface area contributed by atoms with Crippen LogP contribution in [0.4, 0.5) is 18.9 Å². The molecule has 0 spiro atoms. The zero-order valence-corrected chi connectivity index (χ0v) is 11.8.